The molecule has 0 aliphatic heterocycles. The van der Waals surface area contributed by atoms with Gasteiger partial charge >= 0.3 is 0 Å². The van der Waals surface area contributed by atoms with Crippen molar-refractivity contribution in [2.45, 2.75) is 25.3 Å². The molecule has 3 rings (SSSR count). The third-order valence-corrected chi connectivity index (χ3v) is 4.03. The van der Waals surface area contributed by atoms with Gasteiger partial charge in [-0.15, -0.1) is 0 Å². The lowest BCUT2D eigenvalue weighted by Crippen LogP contribution is -2.09. The molecule has 2 aromatic rings. The summed E-state index contributed by atoms with van der Waals surface area (Å²) in [4.78, 5) is 6.67. The first-order chi connectivity index (χ1) is 8.78. The first-order valence-corrected chi connectivity index (χ1v) is 6.91. The van der Waals surface area contributed by atoms with Crippen molar-refractivity contribution in [3.05, 3.63) is 35.7 Å². The second-order valence-electron chi connectivity index (χ2n) is 4.64. The van der Waals surface area contributed by atoms with Crippen LogP contribution in [0, 0.1) is 0 Å². The van der Waals surface area contributed by atoms with Gasteiger partial charge in [0, 0.05) is 36.7 Å². The van der Waals surface area contributed by atoms with Crippen LogP contribution in [0.4, 0.5) is 10.8 Å². The Morgan fingerprint density at radius 2 is 2.06 bits per heavy atom. The molecular weight excluding hydrogens is 244 g/mol. The summed E-state index contributed by atoms with van der Waals surface area (Å²) < 4.78 is 4.43. The van der Waals surface area contributed by atoms with Crippen LogP contribution in [0.3, 0.4) is 0 Å². The van der Waals surface area contributed by atoms with Crippen LogP contribution in [-0.2, 0) is 6.54 Å². The van der Waals surface area contributed by atoms with Crippen molar-refractivity contribution in [3.8, 4) is 0 Å². The number of hydrogen-bond donors (Lipinski definition) is 1. The molecule has 1 saturated carbocycles. The SMILES string of the molecule is CN(c1ccc(CN)cc1)c1nc(C2CC2)ns1. The molecular formula is C13H16N4S. The van der Waals surface area contributed by atoms with Crippen LogP contribution in [-0.4, -0.2) is 16.4 Å². The van der Waals surface area contributed by atoms with Crippen LogP contribution >= 0.6 is 11.5 Å². The number of nitrogens with two attached hydrogens (primary N) is 1. The lowest BCUT2D eigenvalue weighted by Gasteiger charge is -2.15. The van der Waals surface area contributed by atoms with Crippen molar-refractivity contribution in [2.24, 2.45) is 5.73 Å². The van der Waals surface area contributed by atoms with Crippen molar-refractivity contribution >= 4 is 22.4 Å². The van der Waals surface area contributed by atoms with E-state index < -0.39 is 0 Å². The predicted octanol–water partition coefficient (Wildman–Crippen LogP) is 2.64. The summed E-state index contributed by atoms with van der Waals surface area (Å²) in [5.74, 6) is 1.63. The Kier molecular flexibility index (Phi) is 3.01. The van der Waals surface area contributed by atoms with E-state index in [1.807, 2.05) is 7.05 Å². The molecule has 0 spiro atoms. The highest BCUT2D eigenvalue weighted by Crippen LogP contribution is 2.40. The molecule has 0 radical (unpaired) electrons. The predicted molar refractivity (Wildman–Crippen MR) is 74.3 cm³/mol. The number of nitrogens with zero attached hydrogens (tertiary/aromatic N) is 3. The van der Waals surface area contributed by atoms with Crippen molar-refractivity contribution in [3.63, 3.8) is 0 Å². The summed E-state index contributed by atoms with van der Waals surface area (Å²) in [6, 6.07) is 8.24. The first kappa shape index (κ1) is 11.6. The summed E-state index contributed by atoms with van der Waals surface area (Å²) in [5, 5.41) is 0.956. The third-order valence-electron chi connectivity index (χ3n) is 3.22. The lowest BCUT2D eigenvalue weighted by molar-refractivity contribution is 0.976. The molecule has 1 aromatic carbocycles. The fourth-order valence-corrected chi connectivity index (χ4v) is 2.56. The average molecular weight is 260 g/mol. The Bertz CT molecular complexity index is 530. The van der Waals surface area contributed by atoms with Crippen LogP contribution in [0.15, 0.2) is 24.3 Å². The van der Waals surface area contributed by atoms with E-state index in [1.54, 1.807) is 0 Å². The van der Waals surface area contributed by atoms with E-state index in [1.165, 1.54) is 24.4 Å². The van der Waals surface area contributed by atoms with Crippen LogP contribution in [0.25, 0.3) is 0 Å². The normalized spacial score (nSPS) is 14.8. The molecule has 4 nitrogen and oxygen atoms in total. The molecule has 0 bridgehead atoms. The van der Waals surface area contributed by atoms with Gasteiger partial charge in [0.25, 0.3) is 0 Å². The van der Waals surface area contributed by atoms with Gasteiger partial charge in [-0.3, -0.25) is 0 Å². The minimum atomic E-state index is 0.578. The van der Waals surface area contributed by atoms with E-state index in [9.17, 15) is 0 Å². The Labute approximate surface area is 111 Å². The minimum absolute atomic E-state index is 0.578. The van der Waals surface area contributed by atoms with E-state index >= 15 is 0 Å². The molecule has 94 valence electrons. The van der Waals surface area contributed by atoms with Crippen LogP contribution in [0.2, 0.25) is 0 Å². The monoisotopic (exact) mass is 260 g/mol. The van der Waals surface area contributed by atoms with E-state index in [4.69, 9.17) is 5.73 Å². The summed E-state index contributed by atoms with van der Waals surface area (Å²) in [6.07, 6.45) is 2.48. The van der Waals surface area contributed by atoms with Gasteiger partial charge in [-0.25, -0.2) is 4.98 Å². The van der Waals surface area contributed by atoms with E-state index in [2.05, 4.69) is 38.5 Å². The Hall–Kier alpha value is -1.46. The minimum Gasteiger partial charge on any atom is -0.326 e. The Morgan fingerprint density at radius 1 is 1.33 bits per heavy atom. The van der Waals surface area contributed by atoms with Gasteiger partial charge < -0.3 is 10.6 Å². The molecule has 18 heavy (non-hydrogen) atoms. The molecule has 1 fully saturated rings. The molecule has 1 aliphatic rings. The van der Waals surface area contributed by atoms with Crippen LogP contribution in [0.1, 0.15) is 30.1 Å². The molecule has 0 atom stereocenters. The molecule has 5 heteroatoms. The maximum absolute atomic E-state index is 5.60. The number of benzene rings is 1. The molecule has 0 saturated heterocycles. The van der Waals surface area contributed by atoms with Gasteiger partial charge in [-0.1, -0.05) is 12.1 Å². The molecule has 0 unspecified atom stereocenters. The van der Waals surface area contributed by atoms with Crippen molar-refractivity contribution in [2.75, 3.05) is 11.9 Å². The highest BCUT2D eigenvalue weighted by Gasteiger charge is 2.28. The van der Waals surface area contributed by atoms with Gasteiger partial charge in [0.2, 0.25) is 5.13 Å². The molecule has 1 heterocycles. The summed E-state index contributed by atoms with van der Waals surface area (Å²) in [5.41, 5.74) is 7.85. The number of aromatic nitrogens is 2. The fraction of sp³-hybridized carbons (Fsp3) is 0.385. The second kappa shape index (κ2) is 4.66. The number of rotatable bonds is 4. The number of anilines is 2. The van der Waals surface area contributed by atoms with Crippen molar-refractivity contribution in [1.82, 2.24) is 9.36 Å². The van der Waals surface area contributed by atoms with Gasteiger partial charge in [0.15, 0.2) is 0 Å². The smallest absolute Gasteiger partial charge is 0.209 e. The van der Waals surface area contributed by atoms with Gasteiger partial charge in [-0.2, -0.15) is 4.37 Å². The van der Waals surface area contributed by atoms with Crippen LogP contribution in [0.5, 0.6) is 0 Å². The second-order valence-corrected chi connectivity index (χ2v) is 5.37. The largest absolute Gasteiger partial charge is 0.326 e. The summed E-state index contributed by atoms with van der Waals surface area (Å²) in [6.45, 7) is 0.578. The quantitative estimate of drug-likeness (QED) is 0.918. The highest BCUT2D eigenvalue weighted by atomic mass is 32.1. The Morgan fingerprint density at radius 3 is 2.67 bits per heavy atom. The van der Waals surface area contributed by atoms with Crippen molar-refractivity contribution < 1.29 is 0 Å². The average Bonchev–Trinajstić information content (AvgIpc) is 3.16. The fourth-order valence-electron chi connectivity index (χ4n) is 1.84. The molecule has 2 N–H and O–H groups in total. The zero-order valence-corrected chi connectivity index (χ0v) is 11.2. The van der Waals surface area contributed by atoms with Crippen LogP contribution < -0.4 is 10.6 Å². The zero-order valence-electron chi connectivity index (χ0n) is 10.3. The maximum atomic E-state index is 5.60. The molecule has 0 amide bonds. The van der Waals surface area contributed by atoms with Gasteiger partial charge in [-0.05, 0) is 30.5 Å². The highest BCUT2D eigenvalue weighted by molar-refractivity contribution is 7.09. The summed E-state index contributed by atoms with van der Waals surface area (Å²) >= 11 is 1.47. The van der Waals surface area contributed by atoms with Crippen molar-refractivity contribution in [1.29, 1.82) is 0 Å². The van der Waals surface area contributed by atoms with Gasteiger partial charge in [0.05, 0.1) is 0 Å². The standard InChI is InChI=1S/C13H16N4S/c1-17(11-6-2-9(8-14)3-7-11)13-15-12(16-18-13)10-4-5-10/h2-3,6-7,10H,4-5,8,14H2,1H3. The zero-order chi connectivity index (χ0) is 12.5. The lowest BCUT2D eigenvalue weighted by atomic mass is 10.2. The van der Waals surface area contributed by atoms with E-state index in [0.717, 1.165) is 22.2 Å². The van der Waals surface area contributed by atoms with E-state index in [-0.39, 0.29) is 0 Å². The number of hydrogen-bond acceptors (Lipinski definition) is 5. The maximum Gasteiger partial charge on any atom is 0.209 e. The van der Waals surface area contributed by atoms with E-state index in [0.29, 0.717) is 12.5 Å². The molecule has 1 aliphatic carbocycles. The Balaban J connectivity index is 1.80. The molecule has 1 aromatic heterocycles. The third kappa shape index (κ3) is 2.23. The topological polar surface area (TPSA) is 55.0 Å². The summed E-state index contributed by atoms with van der Waals surface area (Å²) in [7, 11) is 2.02. The first-order valence-electron chi connectivity index (χ1n) is 6.14. The van der Waals surface area contributed by atoms with Gasteiger partial charge in [0.1, 0.15) is 5.82 Å².